The molecule has 0 spiro atoms. The number of thiazole rings is 1. The average Bonchev–Trinajstić information content (AvgIpc) is 2.89. The number of rotatable bonds is 2. The van der Waals surface area contributed by atoms with Crippen molar-refractivity contribution in [1.29, 1.82) is 0 Å². The van der Waals surface area contributed by atoms with Crippen molar-refractivity contribution in [1.82, 2.24) is 15.0 Å². The van der Waals surface area contributed by atoms with Crippen LogP contribution in [0.2, 0.25) is 0 Å². The predicted molar refractivity (Wildman–Crippen MR) is 73.0 cm³/mol. The Kier molecular flexibility index (Phi) is 2.74. The van der Waals surface area contributed by atoms with Crippen molar-refractivity contribution in [3.8, 4) is 21.1 Å². The SMILES string of the molecule is Nc1cccc(-c2cnc(-c3cccnc3)s2)n1. The third kappa shape index (κ3) is 2.08. The molecule has 3 heterocycles. The molecule has 88 valence electrons. The second kappa shape index (κ2) is 4.54. The van der Waals surface area contributed by atoms with Crippen molar-refractivity contribution in [2.75, 3.05) is 5.73 Å². The van der Waals surface area contributed by atoms with Crippen molar-refractivity contribution in [3.63, 3.8) is 0 Å². The summed E-state index contributed by atoms with van der Waals surface area (Å²) in [5.74, 6) is 0.517. The van der Waals surface area contributed by atoms with Crippen LogP contribution in [-0.2, 0) is 0 Å². The first-order valence-corrected chi connectivity index (χ1v) is 6.24. The zero-order valence-corrected chi connectivity index (χ0v) is 10.3. The predicted octanol–water partition coefficient (Wildman–Crippen LogP) is 2.85. The lowest BCUT2D eigenvalue weighted by Gasteiger charge is -1.96. The molecule has 2 N–H and O–H groups in total. The first kappa shape index (κ1) is 10.9. The number of anilines is 1. The monoisotopic (exact) mass is 254 g/mol. The van der Waals surface area contributed by atoms with Gasteiger partial charge in [0, 0.05) is 24.2 Å². The van der Waals surface area contributed by atoms with E-state index in [0.29, 0.717) is 5.82 Å². The number of nitrogens with two attached hydrogens (primary N) is 1. The first-order valence-electron chi connectivity index (χ1n) is 5.42. The Balaban J connectivity index is 2.00. The Hall–Kier alpha value is -2.27. The van der Waals surface area contributed by atoms with Crippen LogP contribution >= 0.6 is 11.3 Å². The van der Waals surface area contributed by atoms with E-state index in [1.54, 1.807) is 29.8 Å². The minimum absolute atomic E-state index is 0.517. The molecule has 0 unspecified atom stereocenters. The maximum Gasteiger partial charge on any atom is 0.125 e. The molecule has 18 heavy (non-hydrogen) atoms. The van der Waals surface area contributed by atoms with Crippen LogP contribution in [0.15, 0.2) is 48.9 Å². The minimum Gasteiger partial charge on any atom is -0.384 e. The van der Waals surface area contributed by atoms with Crippen LogP contribution in [-0.4, -0.2) is 15.0 Å². The van der Waals surface area contributed by atoms with E-state index in [1.807, 2.05) is 30.5 Å². The maximum absolute atomic E-state index is 5.68. The first-order chi connectivity index (χ1) is 8.83. The fourth-order valence-corrected chi connectivity index (χ4v) is 2.48. The van der Waals surface area contributed by atoms with Crippen LogP contribution in [0.1, 0.15) is 0 Å². The van der Waals surface area contributed by atoms with Gasteiger partial charge in [-0.1, -0.05) is 6.07 Å². The molecule has 0 aliphatic rings. The summed E-state index contributed by atoms with van der Waals surface area (Å²) in [6.07, 6.45) is 5.36. The zero-order valence-electron chi connectivity index (χ0n) is 9.45. The standard InChI is InChI=1S/C13H10N4S/c14-12-5-1-4-10(17-12)11-8-16-13(18-11)9-3-2-6-15-7-9/h1-8H,(H2,14,17). The second-order valence-corrected chi connectivity index (χ2v) is 4.75. The normalized spacial score (nSPS) is 10.4. The summed E-state index contributed by atoms with van der Waals surface area (Å²) < 4.78 is 0. The van der Waals surface area contributed by atoms with Crippen molar-refractivity contribution in [2.45, 2.75) is 0 Å². The zero-order chi connectivity index (χ0) is 12.4. The molecule has 3 aromatic rings. The number of nitrogen functional groups attached to an aromatic ring is 1. The van der Waals surface area contributed by atoms with Crippen LogP contribution in [0.25, 0.3) is 21.1 Å². The van der Waals surface area contributed by atoms with Crippen LogP contribution in [0.5, 0.6) is 0 Å². The van der Waals surface area contributed by atoms with Gasteiger partial charge in [0.25, 0.3) is 0 Å². The molecule has 0 bridgehead atoms. The van der Waals surface area contributed by atoms with Gasteiger partial charge in [-0.15, -0.1) is 11.3 Å². The molecule has 4 nitrogen and oxygen atoms in total. The van der Waals surface area contributed by atoms with E-state index in [9.17, 15) is 0 Å². The Morgan fingerprint density at radius 1 is 1.06 bits per heavy atom. The molecule has 0 fully saturated rings. The highest BCUT2D eigenvalue weighted by Crippen LogP contribution is 2.30. The topological polar surface area (TPSA) is 64.7 Å². The number of aromatic nitrogens is 3. The summed E-state index contributed by atoms with van der Waals surface area (Å²) in [5, 5.41) is 0.933. The lowest BCUT2D eigenvalue weighted by molar-refractivity contribution is 1.31. The van der Waals surface area contributed by atoms with Crippen LogP contribution in [0.3, 0.4) is 0 Å². The summed E-state index contributed by atoms with van der Waals surface area (Å²) >= 11 is 1.58. The largest absolute Gasteiger partial charge is 0.384 e. The Morgan fingerprint density at radius 2 is 2.00 bits per heavy atom. The van der Waals surface area contributed by atoms with E-state index in [-0.39, 0.29) is 0 Å². The molecule has 0 saturated carbocycles. The third-order valence-corrected chi connectivity index (χ3v) is 3.51. The van der Waals surface area contributed by atoms with Gasteiger partial charge in [-0.2, -0.15) is 0 Å². The lowest BCUT2D eigenvalue weighted by atomic mass is 10.3. The van der Waals surface area contributed by atoms with Crippen molar-refractivity contribution < 1.29 is 0 Å². The van der Waals surface area contributed by atoms with Gasteiger partial charge in [-0.25, -0.2) is 9.97 Å². The third-order valence-electron chi connectivity index (χ3n) is 2.44. The van der Waals surface area contributed by atoms with Crippen molar-refractivity contribution in [2.24, 2.45) is 0 Å². The summed E-state index contributed by atoms with van der Waals surface area (Å²) in [7, 11) is 0. The molecule has 0 aromatic carbocycles. The smallest absolute Gasteiger partial charge is 0.125 e. The molecule has 0 atom stereocenters. The molecule has 3 rings (SSSR count). The molecule has 0 aliphatic carbocycles. The quantitative estimate of drug-likeness (QED) is 0.763. The molecule has 0 amide bonds. The van der Waals surface area contributed by atoms with Crippen LogP contribution in [0.4, 0.5) is 5.82 Å². The van der Waals surface area contributed by atoms with Gasteiger partial charge in [-0.05, 0) is 24.3 Å². The fraction of sp³-hybridized carbons (Fsp3) is 0. The van der Waals surface area contributed by atoms with Gasteiger partial charge in [0.1, 0.15) is 10.8 Å². The Labute approximate surface area is 108 Å². The van der Waals surface area contributed by atoms with Crippen molar-refractivity contribution >= 4 is 17.2 Å². The maximum atomic E-state index is 5.68. The number of hydrogen-bond donors (Lipinski definition) is 1. The van der Waals surface area contributed by atoms with E-state index in [4.69, 9.17) is 5.73 Å². The number of hydrogen-bond acceptors (Lipinski definition) is 5. The summed E-state index contributed by atoms with van der Waals surface area (Å²) in [5.41, 5.74) is 7.54. The van der Waals surface area contributed by atoms with E-state index >= 15 is 0 Å². The number of pyridine rings is 2. The molecular weight excluding hydrogens is 244 g/mol. The Morgan fingerprint density at radius 3 is 2.78 bits per heavy atom. The molecule has 3 aromatic heterocycles. The summed E-state index contributed by atoms with van der Waals surface area (Å²) in [4.78, 5) is 13.8. The van der Waals surface area contributed by atoms with E-state index in [0.717, 1.165) is 21.1 Å². The Bertz CT molecular complexity index is 664. The van der Waals surface area contributed by atoms with Gasteiger partial charge in [0.05, 0.1) is 10.6 Å². The van der Waals surface area contributed by atoms with Gasteiger partial charge in [0.15, 0.2) is 0 Å². The number of nitrogens with zero attached hydrogens (tertiary/aromatic N) is 3. The van der Waals surface area contributed by atoms with Gasteiger partial charge in [0.2, 0.25) is 0 Å². The average molecular weight is 254 g/mol. The van der Waals surface area contributed by atoms with E-state index in [2.05, 4.69) is 15.0 Å². The highest BCUT2D eigenvalue weighted by Gasteiger charge is 2.07. The molecule has 0 saturated heterocycles. The second-order valence-electron chi connectivity index (χ2n) is 3.72. The van der Waals surface area contributed by atoms with Crippen LogP contribution in [0, 0.1) is 0 Å². The van der Waals surface area contributed by atoms with E-state index in [1.165, 1.54) is 0 Å². The molecule has 5 heteroatoms. The lowest BCUT2D eigenvalue weighted by Crippen LogP contribution is -1.89. The van der Waals surface area contributed by atoms with Crippen LogP contribution < -0.4 is 5.73 Å². The van der Waals surface area contributed by atoms with Gasteiger partial charge < -0.3 is 5.73 Å². The molecule has 0 radical (unpaired) electrons. The molecular formula is C13H10N4S. The highest BCUT2D eigenvalue weighted by molar-refractivity contribution is 7.18. The molecule has 0 aliphatic heterocycles. The minimum atomic E-state index is 0.517. The van der Waals surface area contributed by atoms with Gasteiger partial charge in [-0.3, -0.25) is 4.98 Å². The van der Waals surface area contributed by atoms with Gasteiger partial charge >= 0.3 is 0 Å². The fourth-order valence-electron chi connectivity index (χ4n) is 1.60. The highest BCUT2D eigenvalue weighted by atomic mass is 32.1. The van der Waals surface area contributed by atoms with Crippen molar-refractivity contribution in [3.05, 3.63) is 48.9 Å². The summed E-state index contributed by atoms with van der Waals surface area (Å²) in [6.45, 7) is 0. The van der Waals surface area contributed by atoms with E-state index < -0.39 is 0 Å². The summed E-state index contributed by atoms with van der Waals surface area (Å²) in [6, 6.07) is 9.47.